The number of rotatable bonds is 5. The van der Waals surface area contributed by atoms with Gasteiger partial charge in [-0.1, -0.05) is 56.2 Å². The molecule has 0 aliphatic heterocycles. The van der Waals surface area contributed by atoms with E-state index in [1.807, 2.05) is 13.8 Å². The predicted molar refractivity (Wildman–Crippen MR) is 124 cm³/mol. The second-order valence-electron chi connectivity index (χ2n) is 11.3. The van der Waals surface area contributed by atoms with Crippen molar-refractivity contribution in [2.24, 2.45) is 29.1 Å². The third-order valence-corrected chi connectivity index (χ3v) is 8.56. The molecule has 3 aliphatic carbocycles. The fraction of sp³-hybridized carbons (Fsp3) is 0.778. The molecule has 3 heteroatoms. The first-order chi connectivity index (χ1) is 14.0. The van der Waals surface area contributed by atoms with Gasteiger partial charge in [-0.25, -0.2) is 0 Å². The van der Waals surface area contributed by atoms with E-state index in [1.54, 1.807) is 5.57 Å². The quantitative estimate of drug-likeness (QED) is 0.514. The predicted octanol–water partition coefficient (Wildman–Crippen LogP) is 5.56. The van der Waals surface area contributed by atoms with Crippen molar-refractivity contribution in [1.82, 2.24) is 0 Å². The molecule has 3 saturated carbocycles. The first kappa shape index (κ1) is 23.8. The van der Waals surface area contributed by atoms with Crippen LogP contribution in [0.2, 0.25) is 0 Å². The van der Waals surface area contributed by atoms with Crippen molar-refractivity contribution < 1.29 is 15.3 Å². The van der Waals surface area contributed by atoms with Crippen LogP contribution in [0.3, 0.4) is 0 Å². The van der Waals surface area contributed by atoms with Crippen molar-refractivity contribution in [2.45, 2.75) is 104 Å². The van der Waals surface area contributed by atoms with Crippen molar-refractivity contribution >= 4 is 0 Å². The topological polar surface area (TPSA) is 60.7 Å². The molecule has 170 valence electrons. The highest BCUT2D eigenvalue weighted by atomic mass is 16.3. The summed E-state index contributed by atoms with van der Waals surface area (Å²) >= 11 is 0. The fourth-order valence-corrected chi connectivity index (χ4v) is 6.39. The highest BCUT2D eigenvalue weighted by Crippen LogP contribution is 2.59. The Hall–Kier alpha value is -0.900. The number of fused-ring (bicyclic) bond motifs is 1. The van der Waals surface area contributed by atoms with E-state index in [4.69, 9.17) is 0 Å². The maximum absolute atomic E-state index is 10.2. The molecule has 3 nitrogen and oxygen atoms in total. The first-order valence-electron chi connectivity index (χ1n) is 12.2. The van der Waals surface area contributed by atoms with Crippen LogP contribution in [0.15, 0.2) is 35.5 Å². The van der Waals surface area contributed by atoms with Crippen LogP contribution in [0.4, 0.5) is 0 Å². The Bertz CT molecular complexity index is 671. The van der Waals surface area contributed by atoms with E-state index in [2.05, 4.69) is 45.1 Å². The standard InChI is InChI=1S/C27H44O3/c1-18(8-9-19(2)26(3,4)30)24-12-13-25-21(7-6-14-27(24,25)5)11-10-20-15-22(28)17-23(29)16-20/h8-11,18-19,22-25,28-30H,6-7,12-17H2,1-5H3/b9-8+,21-11+/t18-,19+,22-,23-,24?,25-,27-/m1/s1. The second kappa shape index (κ2) is 9.30. The molecule has 3 N–H and O–H groups in total. The number of allylic oxidation sites excluding steroid dienone is 4. The van der Waals surface area contributed by atoms with Crippen molar-refractivity contribution in [3.05, 3.63) is 35.5 Å². The largest absolute Gasteiger partial charge is 0.393 e. The zero-order chi connectivity index (χ0) is 22.1. The molecule has 1 unspecified atom stereocenters. The van der Waals surface area contributed by atoms with Crippen LogP contribution in [0.5, 0.6) is 0 Å². The molecule has 0 amide bonds. The molecule has 0 bridgehead atoms. The summed E-state index contributed by atoms with van der Waals surface area (Å²) < 4.78 is 0. The molecular formula is C27H44O3. The van der Waals surface area contributed by atoms with Gasteiger partial charge in [0, 0.05) is 5.92 Å². The number of hydrogen-bond donors (Lipinski definition) is 3. The van der Waals surface area contributed by atoms with E-state index in [1.165, 1.54) is 37.7 Å². The molecule has 0 aromatic rings. The summed E-state index contributed by atoms with van der Waals surface area (Å²) in [5, 5.41) is 30.2. The van der Waals surface area contributed by atoms with Gasteiger partial charge in [0.1, 0.15) is 0 Å². The maximum atomic E-state index is 10.2. The van der Waals surface area contributed by atoms with Crippen molar-refractivity contribution in [3.63, 3.8) is 0 Å². The third-order valence-electron chi connectivity index (χ3n) is 8.56. The van der Waals surface area contributed by atoms with Crippen molar-refractivity contribution in [2.75, 3.05) is 0 Å². The lowest BCUT2D eigenvalue weighted by Crippen LogP contribution is -2.35. The van der Waals surface area contributed by atoms with Crippen LogP contribution in [-0.2, 0) is 0 Å². The van der Waals surface area contributed by atoms with Gasteiger partial charge < -0.3 is 15.3 Å². The lowest BCUT2D eigenvalue weighted by Gasteiger charge is -2.44. The molecule has 3 aliphatic rings. The minimum absolute atomic E-state index is 0.152. The van der Waals surface area contributed by atoms with Crippen LogP contribution < -0.4 is 0 Å². The Balaban J connectivity index is 1.73. The second-order valence-corrected chi connectivity index (χ2v) is 11.3. The molecule has 0 heterocycles. The van der Waals surface area contributed by atoms with E-state index in [0.29, 0.717) is 42.4 Å². The molecule has 7 atom stereocenters. The van der Waals surface area contributed by atoms with E-state index >= 15 is 0 Å². The van der Waals surface area contributed by atoms with Gasteiger partial charge in [0.15, 0.2) is 0 Å². The highest BCUT2D eigenvalue weighted by molar-refractivity contribution is 5.26. The van der Waals surface area contributed by atoms with Crippen LogP contribution in [0.1, 0.15) is 86.0 Å². The zero-order valence-electron chi connectivity index (χ0n) is 19.8. The molecule has 0 radical (unpaired) electrons. The molecule has 3 fully saturated rings. The first-order valence-corrected chi connectivity index (χ1v) is 12.2. The number of aliphatic hydroxyl groups is 3. The monoisotopic (exact) mass is 416 g/mol. The molecule has 0 aromatic heterocycles. The smallest absolute Gasteiger partial charge is 0.0651 e. The lowest BCUT2D eigenvalue weighted by molar-refractivity contribution is 0.0436. The van der Waals surface area contributed by atoms with Crippen molar-refractivity contribution in [3.8, 4) is 0 Å². The summed E-state index contributed by atoms with van der Waals surface area (Å²) in [6.07, 6.45) is 16.5. The van der Waals surface area contributed by atoms with Gasteiger partial charge in [-0.2, -0.15) is 0 Å². The molecular weight excluding hydrogens is 372 g/mol. The van der Waals surface area contributed by atoms with E-state index in [0.717, 1.165) is 0 Å². The molecule has 0 spiro atoms. The Morgan fingerprint density at radius 1 is 1.03 bits per heavy atom. The zero-order valence-corrected chi connectivity index (χ0v) is 19.8. The average molecular weight is 417 g/mol. The van der Waals surface area contributed by atoms with E-state index < -0.39 is 17.8 Å². The molecule has 0 aromatic carbocycles. The minimum atomic E-state index is -0.674. The van der Waals surface area contributed by atoms with Crippen LogP contribution in [0.25, 0.3) is 0 Å². The van der Waals surface area contributed by atoms with Gasteiger partial charge in [0.25, 0.3) is 0 Å². The Morgan fingerprint density at radius 2 is 1.70 bits per heavy atom. The minimum Gasteiger partial charge on any atom is -0.393 e. The van der Waals surface area contributed by atoms with Crippen LogP contribution >= 0.6 is 0 Å². The van der Waals surface area contributed by atoms with Crippen LogP contribution in [-0.4, -0.2) is 33.1 Å². The number of hydrogen-bond acceptors (Lipinski definition) is 3. The van der Waals surface area contributed by atoms with Gasteiger partial charge in [0.2, 0.25) is 0 Å². The summed E-state index contributed by atoms with van der Waals surface area (Å²) in [4.78, 5) is 0. The van der Waals surface area contributed by atoms with Gasteiger partial charge in [-0.15, -0.1) is 0 Å². The van der Waals surface area contributed by atoms with E-state index in [9.17, 15) is 15.3 Å². The Labute approximate surface area is 184 Å². The summed E-state index contributed by atoms with van der Waals surface area (Å²) in [6, 6.07) is 0. The Morgan fingerprint density at radius 3 is 2.33 bits per heavy atom. The highest BCUT2D eigenvalue weighted by Gasteiger charge is 2.50. The normalized spacial score (nSPS) is 38.7. The van der Waals surface area contributed by atoms with Crippen LogP contribution in [0, 0.1) is 29.1 Å². The Kier molecular flexibility index (Phi) is 7.37. The average Bonchev–Trinajstić information content (AvgIpc) is 3.00. The third kappa shape index (κ3) is 5.29. The SMILES string of the molecule is C[C@H](/C=C/[C@H](C)C(C)(C)O)C1CC[C@@H]2/C(=C/C=C3C[C@@H](O)C[C@H](O)C3)CCC[C@]12C. The lowest BCUT2D eigenvalue weighted by atomic mass is 9.61. The molecule has 30 heavy (non-hydrogen) atoms. The van der Waals surface area contributed by atoms with Gasteiger partial charge >= 0.3 is 0 Å². The molecule has 0 saturated heterocycles. The summed E-state index contributed by atoms with van der Waals surface area (Å²) in [6.45, 7) is 10.7. The fourth-order valence-electron chi connectivity index (χ4n) is 6.39. The number of aliphatic hydroxyl groups excluding tert-OH is 2. The van der Waals surface area contributed by atoms with Gasteiger partial charge in [-0.3, -0.25) is 0 Å². The maximum Gasteiger partial charge on any atom is 0.0651 e. The molecule has 3 rings (SSSR count). The van der Waals surface area contributed by atoms with Gasteiger partial charge in [-0.05, 0) is 88.4 Å². The summed E-state index contributed by atoms with van der Waals surface area (Å²) in [5.74, 6) is 2.00. The van der Waals surface area contributed by atoms with Crippen molar-refractivity contribution in [1.29, 1.82) is 0 Å². The summed E-state index contributed by atoms with van der Waals surface area (Å²) in [5.41, 5.74) is 2.43. The summed E-state index contributed by atoms with van der Waals surface area (Å²) in [7, 11) is 0. The van der Waals surface area contributed by atoms with E-state index in [-0.39, 0.29) is 5.92 Å². The van der Waals surface area contributed by atoms with Gasteiger partial charge in [0.05, 0.1) is 17.8 Å².